The number of carbonyl (C=O) groups excluding carboxylic acids is 2. The first-order valence-electron chi connectivity index (χ1n) is 6.95. The zero-order valence-electron chi connectivity index (χ0n) is 13.1. The van der Waals surface area contributed by atoms with E-state index >= 15 is 0 Å². The molecule has 0 saturated carbocycles. The smallest absolute Gasteiger partial charge is 0.308 e. The number of amides is 1. The summed E-state index contributed by atoms with van der Waals surface area (Å²) in [4.78, 5) is 21.8. The molecule has 0 bridgehead atoms. The Labute approximate surface area is 139 Å². The second-order valence-electron chi connectivity index (χ2n) is 4.92. The lowest BCUT2D eigenvalue weighted by Crippen LogP contribution is -2.42. The molecule has 8 heteroatoms. The summed E-state index contributed by atoms with van der Waals surface area (Å²) in [5.41, 5.74) is 3.27. The van der Waals surface area contributed by atoms with Crippen molar-refractivity contribution in [3.8, 4) is 5.75 Å². The van der Waals surface area contributed by atoms with Gasteiger partial charge in [-0.2, -0.15) is 12.8 Å². The van der Waals surface area contributed by atoms with Crippen LogP contribution in [0.15, 0.2) is 53.4 Å². The molecular weight excluding hydrogens is 332 g/mol. The molecule has 0 atom stereocenters. The maximum absolute atomic E-state index is 12.7. The van der Waals surface area contributed by atoms with Crippen molar-refractivity contribution in [3.05, 3.63) is 54.1 Å². The fourth-order valence-corrected chi connectivity index (χ4v) is 3.23. The Kier molecular flexibility index (Phi) is 5.20. The van der Waals surface area contributed by atoms with Crippen LogP contribution in [0.2, 0.25) is 0 Å². The molecule has 0 aromatic heterocycles. The number of rotatable bonds is 6. The van der Waals surface area contributed by atoms with Crippen LogP contribution >= 0.6 is 0 Å². The van der Waals surface area contributed by atoms with Crippen LogP contribution < -0.4 is 14.6 Å². The SMILES string of the molecule is CC(=O)Oc1ccc(N(NC=O)S(=O)(=O)c2ccc(C)cc2)cc1. The molecule has 126 valence electrons. The van der Waals surface area contributed by atoms with E-state index in [0.717, 1.165) is 9.98 Å². The second kappa shape index (κ2) is 7.14. The molecule has 0 unspecified atom stereocenters. The van der Waals surface area contributed by atoms with E-state index in [4.69, 9.17) is 4.74 Å². The van der Waals surface area contributed by atoms with Crippen molar-refractivity contribution in [2.75, 3.05) is 4.41 Å². The number of carbonyl (C=O) groups is 2. The number of benzene rings is 2. The van der Waals surface area contributed by atoms with Crippen molar-refractivity contribution in [3.63, 3.8) is 0 Å². The molecule has 7 nitrogen and oxygen atoms in total. The molecule has 0 aliphatic carbocycles. The summed E-state index contributed by atoms with van der Waals surface area (Å²) in [7, 11) is -3.99. The van der Waals surface area contributed by atoms with Gasteiger partial charge in [-0.3, -0.25) is 15.0 Å². The average Bonchev–Trinajstić information content (AvgIpc) is 2.53. The highest BCUT2D eigenvalue weighted by Gasteiger charge is 2.25. The lowest BCUT2D eigenvalue weighted by Gasteiger charge is -2.23. The van der Waals surface area contributed by atoms with E-state index in [1.807, 2.05) is 6.92 Å². The molecule has 1 amide bonds. The molecule has 0 radical (unpaired) electrons. The summed E-state index contributed by atoms with van der Waals surface area (Å²) in [6, 6.07) is 11.9. The summed E-state index contributed by atoms with van der Waals surface area (Å²) in [6.07, 6.45) is 0.270. The maximum Gasteiger partial charge on any atom is 0.308 e. The molecular formula is C16H16N2O5S. The minimum Gasteiger partial charge on any atom is -0.427 e. The van der Waals surface area contributed by atoms with E-state index in [2.05, 4.69) is 5.43 Å². The van der Waals surface area contributed by atoms with Crippen molar-refractivity contribution in [2.24, 2.45) is 0 Å². The number of aryl methyl sites for hydroxylation is 1. The second-order valence-corrected chi connectivity index (χ2v) is 6.70. The molecule has 0 fully saturated rings. The van der Waals surface area contributed by atoms with Gasteiger partial charge in [-0.05, 0) is 43.3 Å². The van der Waals surface area contributed by atoms with Crippen LogP contribution in [0.1, 0.15) is 12.5 Å². The van der Waals surface area contributed by atoms with E-state index in [-0.39, 0.29) is 22.7 Å². The molecule has 2 aromatic carbocycles. The molecule has 0 spiro atoms. The zero-order chi connectivity index (χ0) is 17.7. The predicted octanol–water partition coefficient (Wildman–Crippen LogP) is 1.78. The van der Waals surface area contributed by atoms with Gasteiger partial charge in [0, 0.05) is 6.92 Å². The largest absolute Gasteiger partial charge is 0.427 e. The quantitative estimate of drug-likeness (QED) is 0.372. The monoisotopic (exact) mass is 348 g/mol. The fraction of sp³-hybridized carbons (Fsp3) is 0.125. The Morgan fingerprint density at radius 3 is 2.17 bits per heavy atom. The summed E-state index contributed by atoms with van der Waals surface area (Å²) in [5.74, 6) is -0.220. The molecule has 0 aliphatic rings. The average molecular weight is 348 g/mol. The molecule has 1 N–H and O–H groups in total. The number of nitrogens with one attached hydrogen (secondary N) is 1. The Hall–Kier alpha value is -2.87. The van der Waals surface area contributed by atoms with Gasteiger partial charge in [0.15, 0.2) is 0 Å². The zero-order valence-corrected chi connectivity index (χ0v) is 13.9. The van der Waals surface area contributed by atoms with Gasteiger partial charge in [-0.15, -0.1) is 0 Å². The van der Waals surface area contributed by atoms with Gasteiger partial charge in [0.05, 0.1) is 10.6 Å². The van der Waals surface area contributed by atoms with Gasteiger partial charge >= 0.3 is 5.97 Å². The van der Waals surface area contributed by atoms with Crippen molar-refractivity contribution in [1.29, 1.82) is 0 Å². The topological polar surface area (TPSA) is 92.8 Å². The highest BCUT2D eigenvalue weighted by atomic mass is 32.2. The highest BCUT2D eigenvalue weighted by molar-refractivity contribution is 7.92. The molecule has 2 rings (SSSR count). The lowest BCUT2D eigenvalue weighted by molar-refractivity contribution is -0.131. The fourth-order valence-electron chi connectivity index (χ4n) is 1.96. The van der Waals surface area contributed by atoms with Crippen molar-refractivity contribution < 1.29 is 22.7 Å². The molecule has 0 heterocycles. The first-order valence-corrected chi connectivity index (χ1v) is 8.39. The Morgan fingerprint density at radius 2 is 1.67 bits per heavy atom. The number of ether oxygens (including phenoxy) is 1. The van der Waals surface area contributed by atoms with Gasteiger partial charge in [0.1, 0.15) is 5.75 Å². The summed E-state index contributed by atoms with van der Waals surface area (Å²) >= 11 is 0. The molecule has 0 saturated heterocycles. The summed E-state index contributed by atoms with van der Waals surface area (Å²) < 4.78 is 31.1. The predicted molar refractivity (Wildman–Crippen MR) is 87.8 cm³/mol. The van der Waals surface area contributed by atoms with E-state index in [1.54, 1.807) is 12.1 Å². The van der Waals surface area contributed by atoms with Gasteiger partial charge in [0.25, 0.3) is 10.0 Å². The number of hydrogen-bond acceptors (Lipinski definition) is 5. The van der Waals surface area contributed by atoms with Gasteiger partial charge in [-0.1, -0.05) is 17.7 Å². The summed E-state index contributed by atoms with van der Waals surface area (Å²) in [6.45, 7) is 3.10. The van der Waals surface area contributed by atoms with E-state index in [1.165, 1.54) is 43.3 Å². The number of nitrogens with zero attached hydrogens (tertiary/aromatic N) is 1. The number of esters is 1. The Bertz CT molecular complexity index is 830. The lowest BCUT2D eigenvalue weighted by atomic mass is 10.2. The third kappa shape index (κ3) is 3.90. The first kappa shape index (κ1) is 17.5. The third-order valence-corrected chi connectivity index (χ3v) is 4.73. The van der Waals surface area contributed by atoms with Crippen LogP contribution in [0.3, 0.4) is 0 Å². The van der Waals surface area contributed by atoms with E-state index in [0.29, 0.717) is 0 Å². The molecule has 24 heavy (non-hydrogen) atoms. The first-order chi connectivity index (χ1) is 11.3. The van der Waals surface area contributed by atoms with Crippen molar-refractivity contribution in [1.82, 2.24) is 5.43 Å². The molecule has 0 aliphatic heterocycles. The standard InChI is InChI=1S/C16H16N2O5S/c1-12-3-9-16(10-4-12)24(21,22)18(17-11-19)14-5-7-15(8-6-14)23-13(2)20/h3-11H,1-2H3,(H,17,19). The number of hydrogen-bond donors (Lipinski definition) is 1. The normalized spacial score (nSPS) is 10.8. The minimum absolute atomic E-state index is 0.0338. The number of sulfonamides is 1. The van der Waals surface area contributed by atoms with Crippen LogP contribution in [0.4, 0.5) is 5.69 Å². The van der Waals surface area contributed by atoms with Crippen LogP contribution in [0, 0.1) is 6.92 Å². The van der Waals surface area contributed by atoms with E-state index < -0.39 is 16.0 Å². The number of hydrazine groups is 1. The van der Waals surface area contributed by atoms with Gasteiger partial charge in [0.2, 0.25) is 6.41 Å². The maximum atomic E-state index is 12.7. The Morgan fingerprint density at radius 1 is 1.08 bits per heavy atom. The van der Waals surface area contributed by atoms with Crippen LogP contribution in [-0.2, 0) is 19.6 Å². The van der Waals surface area contributed by atoms with Gasteiger partial charge < -0.3 is 4.74 Å². The molecule has 2 aromatic rings. The van der Waals surface area contributed by atoms with Crippen molar-refractivity contribution in [2.45, 2.75) is 18.7 Å². The highest BCUT2D eigenvalue weighted by Crippen LogP contribution is 2.24. The van der Waals surface area contributed by atoms with Crippen LogP contribution in [0.5, 0.6) is 5.75 Å². The summed E-state index contributed by atoms with van der Waals surface area (Å²) in [5, 5.41) is 0. The van der Waals surface area contributed by atoms with Crippen LogP contribution in [0.25, 0.3) is 0 Å². The van der Waals surface area contributed by atoms with Crippen LogP contribution in [-0.4, -0.2) is 20.8 Å². The van der Waals surface area contributed by atoms with Gasteiger partial charge in [-0.25, -0.2) is 0 Å². The van der Waals surface area contributed by atoms with Crippen molar-refractivity contribution >= 4 is 28.1 Å². The third-order valence-electron chi connectivity index (χ3n) is 3.06. The minimum atomic E-state index is -3.99. The number of anilines is 1. The Balaban J connectivity index is 2.39. The van der Waals surface area contributed by atoms with E-state index in [9.17, 15) is 18.0 Å².